The SMILES string of the molecule is CN(C[C@H]1CCC[C@@H]1O)C(=O)Cc1ccc(N2CCCC2=O)cc1. The van der Waals surface area contributed by atoms with Gasteiger partial charge in [0.15, 0.2) is 0 Å². The highest BCUT2D eigenvalue weighted by Gasteiger charge is 2.27. The molecular weight excluding hydrogens is 304 g/mol. The molecule has 1 saturated carbocycles. The lowest BCUT2D eigenvalue weighted by Crippen LogP contribution is -2.35. The lowest BCUT2D eigenvalue weighted by atomic mass is 10.0. The van der Waals surface area contributed by atoms with E-state index in [2.05, 4.69) is 0 Å². The van der Waals surface area contributed by atoms with Crippen LogP contribution in [0.15, 0.2) is 24.3 Å². The maximum Gasteiger partial charge on any atom is 0.227 e. The molecule has 2 fully saturated rings. The fourth-order valence-corrected chi connectivity index (χ4v) is 3.71. The van der Waals surface area contributed by atoms with Crippen molar-refractivity contribution in [1.29, 1.82) is 0 Å². The molecule has 0 bridgehead atoms. The average Bonchev–Trinajstić information content (AvgIpc) is 3.17. The largest absolute Gasteiger partial charge is 0.393 e. The smallest absolute Gasteiger partial charge is 0.227 e. The molecule has 5 nitrogen and oxygen atoms in total. The van der Waals surface area contributed by atoms with E-state index < -0.39 is 0 Å². The van der Waals surface area contributed by atoms with Gasteiger partial charge in [0, 0.05) is 38.2 Å². The minimum atomic E-state index is -0.266. The summed E-state index contributed by atoms with van der Waals surface area (Å²) in [6.07, 6.45) is 4.52. The molecule has 2 aliphatic rings. The van der Waals surface area contributed by atoms with E-state index in [1.807, 2.05) is 31.3 Å². The van der Waals surface area contributed by atoms with Gasteiger partial charge in [0.25, 0.3) is 0 Å². The first kappa shape index (κ1) is 17.0. The Morgan fingerprint density at radius 2 is 2.00 bits per heavy atom. The minimum absolute atomic E-state index is 0.0686. The third-order valence-electron chi connectivity index (χ3n) is 5.23. The van der Waals surface area contributed by atoms with Crippen molar-refractivity contribution in [2.45, 2.75) is 44.6 Å². The minimum Gasteiger partial charge on any atom is -0.393 e. The second-order valence-corrected chi connectivity index (χ2v) is 7.02. The van der Waals surface area contributed by atoms with Gasteiger partial charge in [-0.25, -0.2) is 0 Å². The summed E-state index contributed by atoms with van der Waals surface area (Å²) >= 11 is 0. The van der Waals surface area contributed by atoms with E-state index in [-0.39, 0.29) is 23.8 Å². The predicted molar refractivity (Wildman–Crippen MR) is 92.7 cm³/mol. The number of nitrogens with zero attached hydrogens (tertiary/aromatic N) is 2. The number of aliphatic hydroxyl groups excluding tert-OH is 1. The third-order valence-corrected chi connectivity index (χ3v) is 5.23. The molecule has 1 aliphatic heterocycles. The zero-order valence-corrected chi connectivity index (χ0v) is 14.3. The molecule has 2 amide bonds. The van der Waals surface area contributed by atoms with Crippen LogP contribution in [0.1, 0.15) is 37.7 Å². The summed E-state index contributed by atoms with van der Waals surface area (Å²) in [6, 6.07) is 7.70. The Labute approximate surface area is 143 Å². The van der Waals surface area contributed by atoms with Gasteiger partial charge in [-0.2, -0.15) is 0 Å². The van der Waals surface area contributed by atoms with E-state index in [0.717, 1.165) is 43.5 Å². The van der Waals surface area contributed by atoms with Crippen molar-refractivity contribution in [2.75, 3.05) is 25.0 Å². The van der Waals surface area contributed by atoms with Crippen molar-refractivity contribution in [3.05, 3.63) is 29.8 Å². The van der Waals surface area contributed by atoms with Gasteiger partial charge >= 0.3 is 0 Å². The molecule has 5 heteroatoms. The van der Waals surface area contributed by atoms with Crippen molar-refractivity contribution in [1.82, 2.24) is 4.90 Å². The number of carbonyl (C=O) groups is 2. The van der Waals surface area contributed by atoms with Crippen LogP contribution in [0.25, 0.3) is 0 Å². The van der Waals surface area contributed by atoms with Gasteiger partial charge in [-0.3, -0.25) is 9.59 Å². The summed E-state index contributed by atoms with van der Waals surface area (Å²) < 4.78 is 0. The van der Waals surface area contributed by atoms with Crippen LogP contribution in [0.2, 0.25) is 0 Å². The third kappa shape index (κ3) is 3.78. The van der Waals surface area contributed by atoms with Crippen molar-refractivity contribution >= 4 is 17.5 Å². The second kappa shape index (κ2) is 7.34. The van der Waals surface area contributed by atoms with Crippen LogP contribution in [0.5, 0.6) is 0 Å². The van der Waals surface area contributed by atoms with Gasteiger partial charge in [-0.15, -0.1) is 0 Å². The second-order valence-electron chi connectivity index (χ2n) is 7.02. The molecule has 1 aromatic rings. The molecule has 1 heterocycles. The molecule has 130 valence electrons. The molecule has 0 radical (unpaired) electrons. The Bertz CT molecular complexity index is 599. The van der Waals surface area contributed by atoms with E-state index in [0.29, 0.717) is 19.4 Å². The number of carbonyl (C=O) groups excluding carboxylic acids is 2. The monoisotopic (exact) mass is 330 g/mol. The van der Waals surface area contributed by atoms with E-state index >= 15 is 0 Å². The normalized spacial score (nSPS) is 23.8. The Morgan fingerprint density at radius 3 is 2.58 bits per heavy atom. The maximum atomic E-state index is 12.4. The van der Waals surface area contributed by atoms with Crippen molar-refractivity contribution in [3.8, 4) is 0 Å². The maximum absolute atomic E-state index is 12.4. The predicted octanol–water partition coefficient (Wildman–Crippen LogP) is 1.98. The number of aliphatic hydroxyl groups is 1. The van der Waals surface area contributed by atoms with Crippen molar-refractivity contribution in [2.24, 2.45) is 5.92 Å². The Kier molecular flexibility index (Phi) is 5.19. The molecule has 2 atom stereocenters. The number of benzene rings is 1. The zero-order chi connectivity index (χ0) is 17.1. The van der Waals surface area contributed by atoms with Crippen LogP contribution >= 0.6 is 0 Å². The van der Waals surface area contributed by atoms with Crippen LogP contribution in [-0.2, 0) is 16.0 Å². The Balaban J connectivity index is 1.55. The first-order chi connectivity index (χ1) is 11.5. The quantitative estimate of drug-likeness (QED) is 0.898. The van der Waals surface area contributed by atoms with Gasteiger partial charge < -0.3 is 14.9 Å². The van der Waals surface area contributed by atoms with Crippen LogP contribution in [0.4, 0.5) is 5.69 Å². The molecule has 3 rings (SSSR count). The number of anilines is 1. The highest BCUT2D eigenvalue weighted by atomic mass is 16.3. The molecule has 1 N–H and O–H groups in total. The van der Waals surface area contributed by atoms with Gasteiger partial charge in [0.1, 0.15) is 0 Å². The van der Waals surface area contributed by atoms with Gasteiger partial charge in [-0.05, 0) is 37.0 Å². The summed E-state index contributed by atoms with van der Waals surface area (Å²) in [5.74, 6) is 0.454. The highest BCUT2D eigenvalue weighted by molar-refractivity contribution is 5.95. The first-order valence-electron chi connectivity index (χ1n) is 8.86. The number of likely N-dealkylation sites (N-methyl/N-ethyl adjacent to an activating group) is 1. The lowest BCUT2D eigenvalue weighted by Gasteiger charge is -2.23. The van der Waals surface area contributed by atoms with Crippen LogP contribution in [-0.4, -0.2) is 48.1 Å². The summed E-state index contributed by atoms with van der Waals surface area (Å²) in [5, 5.41) is 9.89. The van der Waals surface area contributed by atoms with Gasteiger partial charge in [0.2, 0.25) is 11.8 Å². The molecule has 0 spiro atoms. The van der Waals surface area contributed by atoms with E-state index in [9.17, 15) is 14.7 Å². The highest BCUT2D eigenvalue weighted by Crippen LogP contribution is 2.26. The molecule has 1 saturated heterocycles. The lowest BCUT2D eigenvalue weighted by molar-refractivity contribution is -0.130. The van der Waals surface area contributed by atoms with Crippen molar-refractivity contribution in [3.63, 3.8) is 0 Å². The number of amides is 2. The van der Waals surface area contributed by atoms with Gasteiger partial charge in [-0.1, -0.05) is 18.6 Å². The fraction of sp³-hybridized carbons (Fsp3) is 0.579. The number of rotatable bonds is 5. The average molecular weight is 330 g/mol. The summed E-state index contributed by atoms with van der Waals surface area (Å²) in [5.41, 5.74) is 1.87. The van der Waals surface area contributed by atoms with Crippen molar-refractivity contribution < 1.29 is 14.7 Å². The van der Waals surface area contributed by atoms with Gasteiger partial charge in [0.05, 0.1) is 12.5 Å². The fourth-order valence-electron chi connectivity index (χ4n) is 3.71. The number of hydrogen-bond acceptors (Lipinski definition) is 3. The summed E-state index contributed by atoms with van der Waals surface area (Å²) in [7, 11) is 1.81. The summed E-state index contributed by atoms with van der Waals surface area (Å²) in [6.45, 7) is 1.41. The molecule has 1 aromatic carbocycles. The topological polar surface area (TPSA) is 60.9 Å². The van der Waals surface area contributed by atoms with Crippen LogP contribution in [0.3, 0.4) is 0 Å². The zero-order valence-electron chi connectivity index (χ0n) is 14.3. The van der Waals surface area contributed by atoms with Crippen LogP contribution in [0, 0.1) is 5.92 Å². The first-order valence-corrected chi connectivity index (χ1v) is 8.86. The van der Waals surface area contributed by atoms with E-state index in [1.165, 1.54) is 0 Å². The van der Waals surface area contributed by atoms with Crippen LogP contribution < -0.4 is 4.90 Å². The van der Waals surface area contributed by atoms with E-state index in [1.54, 1.807) is 9.80 Å². The van der Waals surface area contributed by atoms with E-state index in [4.69, 9.17) is 0 Å². The molecular formula is C19H26N2O3. The molecule has 24 heavy (non-hydrogen) atoms. The molecule has 0 aromatic heterocycles. The number of hydrogen-bond donors (Lipinski definition) is 1. The molecule has 0 unspecified atom stereocenters. The standard InChI is InChI=1S/C19H26N2O3/c1-20(13-15-4-2-5-17(15)22)19(24)12-14-7-9-16(10-8-14)21-11-3-6-18(21)23/h7-10,15,17,22H,2-6,11-13H2,1H3/t15-,17+/m1/s1. The summed E-state index contributed by atoms with van der Waals surface area (Å²) in [4.78, 5) is 27.7. The Hall–Kier alpha value is -1.88. The Morgan fingerprint density at radius 1 is 1.25 bits per heavy atom. The molecule has 1 aliphatic carbocycles.